The molecule has 94 valence electrons. The van der Waals surface area contributed by atoms with Gasteiger partial charge in [-0.05, 0) is 37.8 Å². The molecule has 2 N–H and O–H groups in total. The van der Waals surface area contributed by atoms with Gasteiger partial charge >= 0.3 is 0 Å². The normalized spacial score (nSPS) is 22.5. The highest BCUT2D eigenvalue weighted by Crippen LogP contribution is 2.23. The molecule has 0 aliphatic carbocycles. The molecule has 1 aromatic rings. The Balaban J connectivity index is 2.15. The number of aromatic nitrogens is 1. The Morgan fingerprint density at radius 3 is 2.88 bits per heavy atom. The Labute approximate surface area is 102 Å². The second kappa shape index (κ2) is 5.47. The molecule has 0 saturated carbocycles. The van der Waals surface area contributed by atoms with Crippen molar-refractivity contribution in [2.45, 2.75) is 38.3 Å². The average molecular weight is 236 g/mol. The zero-order valence-corrected chi connectivity index (χ0v) is 10.2. The first-order valence-electron chi connectivity index (χ1n) is 6.24. The minimum absolute atomic E-state index is 0.180. The lowest BCUT2D eigenvalue weighted by Crippen LogP contribution is -2.42. The van der Waals surface area contributed by atoms with Gasteiger partial charge in [0.2, 0.25) is 0 Å². The van der Waals surface area contributed by atoms with Gasteiger partial charge < -0.3 is 15.1 Å². The number of pyridine rings is 1. The standard InChI is InChI=1S/C13H20N2O2/c1-10(17)11-5-6-13(14-8-11)15-7-3-2-4-12(15)9-16/h5-6,8,10,12,16-17H,2-4,7,9H2,1H3/t10-,12?/m0/s1. The molecule has 1 saturated heterocycles. The topological polar surface area (TPSA) is 56.6 Å². The molecule has 4 nitrogen and oxygen atoms in total. The van der Waals surface area contributed by atoms with Crippen molar-refractivity contribution < 1.29 is 10.2 Å². The molecule has 0 radical (unpaired) electrons. The number of piperidine rings is 1. The van der Waals surface area contributed by atoms with Crippen molar-refractivity contribution in [3.63, 3.8) is 0 Å². The molecule has 1 fully saturated rings. The fraction of sp³-hybridized carbons (Fsp3) is 0.615. The van der Waals surface area contributed by atoms with Gasteiger partial charge in [-0.3, -0.25) is 0 Å². The van der Waals surface area contributed by atoms with E-state index in [9.17, 15) is 10.2 Å². The van der Waals surface area contributed by atoms with Crippen LogP contribution >= 0.6 is 0 Å². The van der Waals surface area contributed by atoms with E-state index in [0.29, 0.717) is 0 Å². The molecular weight excluding hydrogens is 216 g/mol. The maximum absolute atomic E-state index is 9.43. The lowest BCUT2D eigenvalue weighted by molar-refractivity contribution is 0.199. The van der Waals surface area contributed by atoms with E-state index in [1.54, 1.807) is 13.1 Å². The molecule has 0 aromatic carbocycles. The van der Waals surface area contributed by atoms with E-state index in [1.165, 1.54) is 6.42 Å². The molecule has 0 spiro atoms. The lowest BCUT2D eigenvalue weighted by atomic mass is 10.0. The Morgan fingerprint density at radius 1 is 1.47 bits per heavy atom. The SMILES string of the molecule is C[C@H](O)c1ccc(N2CCCCC2CO)nc1. The molecule has 2 atom stereocenters. The zero-order chi connectivity index (χ0) is 12.3. The summed E-state index contributed by atoms with van der Waals surface area (Å²) >= 11 is 0. The van der Waals surface area contributed by atoms with E-state index in [4.69, 9.17) is 0 Å². The van der Waals surface area contributed by atoms with Gasteiger partial charge in [-0.1, -0.05) is 6.07 Å². The quantitative estimate of drug-likeness (QED) is 0.834. The van der Waals surface area contributed by atoms with Crippen LogP contribution in [-0.4, -0.2) is 34.4 Å². The van der Waals surface area contributed by atoms with Gasteiger partial charge in [0.1, 0.15) is 5.82 Å². The number of rotatable bonds is 3. The van der Waals surface area contributed by atoms with Crippen LogP contribution in [0.25, 0.3) is 0 Å². The van der Waals surface area contributed by atoms with Crippen LogP contribution in [-0.2, 0) is 0 Å². The van der Waals surface area contributed by atoms with Gasteiger partial charge in [0.05, 0.1) is 18.8 Å². The van der Waals surface area contributed by atoms with Gasteiger partial charge in [0.15, 0.2) is 0 Å². The minimum Gasteiger partial charge on any atom is -0.394 e. The number of aliphatic hydroxyl groups is 2. The molecule has 1 unspecified atom stereocenters. The lowest BCUT2D eigenvalue weighted by Gasteiger charge is -2.35. The maximum Gasteiger partial charge on any atom is 0.128 e. The summed E-state index contributed by atoms with van der Waals surface area (Å²) in [4.78, 5) is 6.54. The first kappa shape index (κ1) is 12.3. The molecule has 1 aliphatic rings. The van der Waals surface area contributed by atoms with Crippen LogP contribution < -0.4 is 4.90 Å². The van der Waals surface area contributed by atoms with E-state index in [2.05, 4.69) is 9.88 Å². The predicted molar refractivity (Wildman–Crippen MR) is 66.9 cm³/mol. The third-order valence-corrected chi connectivity index (χ3v) is 3.39. The highest BCUT2D eigenvalue weighted by molar-refractivity contribution is 5.41. The number of hydrogen-bond donors (Lipinski definition) is 2. The Morgan fingerprint density at radius 2 is 2.29 bits per heavy atom. The van der Waals surface area contributed by atoms with Gasteiger partial charge in [0, 0.05) is 12.7 Å². The van der Waals surface area contributed by atoms with Crippen molar-refractivity contribution >= 4 is 5.82 Å². The van der Waals surface area contributed by atoms with Gasteiger partial charge in [0.25, 0.3) is 0 Å². The van der Waals surface area contributed by atoms with Crippen molar-refractivity contribution in [2.24, 2.45) is 0 Å². The molecular formula is C13H20N2O2. The highest BCUT2D eigenvalue weighted by Gasteiger charge is 2.22. The smallest absolute Gasteiger partial charge is 0.128 e. The largest absolute Gasteiger partial charge is 0.394 e. The summed E-state index contributed by atoms with van der Waals surface area (Å²) in [7, 11) is 0. The van der Waals surface area contributed by atoms with Crippen LogP contribution in [0.4, 0.5) is 5.82 Å². The van der Waals surface area contributed by atoms with Crippen LogP contribution in [0.5, 0.6) is 0 Å². The summed E-state index contributed by atoms with van der Waals surface area (Å²) in [6.07, 6.45) is 4.58. The second-order valence-electron chi connectivity index (χ2n) is 4.65. The van der Waals surface area contributed by atoms with Crippen molar-refractivity contribution in [1.29, 1.82) is 0 Å². The van der Waals surface area contributed by atoms with Crippen LogP contribution in [0.1, 0.15) is 37.9 Å². The van der Waals surface area contributed by atoms with E-state index < -0.39 is 6.10 Å². The molecule has 17 heavy (non-hydrogen) atoms. The molecule has 0 bridgehead atoms. The Bertz CT molecular complexity index is 351. The summed E-state index contributed by atoms with van der Waals surface area (Å²) in [5.41, 5.74) is 0.825. The van der Waals surface area contributed by atoms with Gasteiger partial charge in [-0.25, -0.2) is 4.98 Å². The zero-order valence-electron chi connectivity index (χ0n) is 10.2. The number of anilines is 1. The fourth-order valence-corrected chi connectivity index (χ4v) is 2.31. The second-order valence-corrected chi connectivity index (χ2v) is 4.65. The summed E-state index contributed by atoms with van der Waals surface area (Å²) in [5.74, 6) is 0.896. The number of nitrogens with zero attached hydrogens (tertiary/aromatic N) is 2. The summed E-state index contributed by atoms with van der Waals surface area (Å²) in [5, 5.41) is 18.8. The first-order valence-corrected chi connectivity index (χ1v) is 6.24. The van der Waals surface area contributed by atoms with E-state index in [-0.39, 0.29) is 12.6 Å². The minimum atomic E-state index is -0.480. The van der Waals surface area contributed by atoms with Crippen molar-refractivity contribution in [1.82, 2.24) is 4.98 Å². The Kier molecular flexibility index (Phi) is 3.97. The first-order chi connectivity index (χ1) is 8.22. The monoisotopic (exact) mass is 236 g/mol. The van der Waals surface area contributed by atoms with E-state index >= 15 is 0 Å². The highest BCUT2D eigenvalue weighted by atomic mass is 16.3. The average Bonchev–Trinajstić information content (AvgIpc) is 2.39. The van der Waals surface area contributed by atoms with Crippen LogP contribution in [0.15, 0.2) is 18.3 Å². The number of hydrogen-bond acceptors (Lipinski definition) is 4. The fourth-order valence-electron chi connectivity index (χ4n) is 2.31. The van der Waals surface area contributed by atoms with Crippen LogP contribution in [0, 0.1) is 0 Å². The van der Waals surface area contributed by atoms with Crippen molar-refractivity contribution in [3.8, 4) is 0 Å². The van der Waals surface area contributed by atoms with Crippen LogP contribution in [0.2, 0.25) is 0 Å². The third kappa shape index (κ3) is 2.76. The molecule has 2 rings (SSSR count). The molecule has 2 heterocycles. The molecule has 4 heteroatoms. The summed E-state index contributed by atoms with van der Waals surface area (Å²) in [6, 6.07) is 4.01. The van der Waals surface area contributed by atoms with Gasteiger partial charge in [-0.15, -0.1) is 0 Å². The maximum atomic E-state index is 9.43. The third-order valence-electron chi connectivity index (χ3n) is 3.39. The van der Waals surface area contributed by atoms with E-state index in [0.717, 1.165) is 30.8 Å². The van der Waals surface area contributed by atoms with E-state index in [1.807, 2.05) is 12.1 Å². The molecule has 0 amide bonds. The van der Waals surface area contributed by atoms with Crippen LogP contribution in [0.3, 0.4) is 0 Å². The van der Waals surface area contributed by atoms with Crippen molar-refractivity contribution in [2.75, 3.05) is 18.1 Å². The summed E-state index contributed by atoms with van der Waals surface area (Å²) in [6.45, 7) is 2.86. The van der Waals surface area contributed by atoms with Gasteiger partial charge in [-0.2, -0.15) is 0 Å². The summed E-state index contributed by atoms with van der Waals surface area (Å²) < 4.78 is 0. The Hall–Kier alpha value is -1.13. The molecule has 1 aromatic heterocycles. The molecule has 1 aliphatic heterocycles. The predicted octanol–water partition coefficient (Wildman–Crippen LogP) is 1.49. The number of aliphatic hydroxyl groups excluding tert-OH is 2. The van der Waals surface area contributed by atoms with Crippen molar-refractivity contribution in [3.05, 3.63) is 23.9 Å².